The molecule has 0 aliphatic rings. The number of aromatic nitrogens is 4. The van der Waals surface area contributed by atoms with Gasteiger partial charge in [0.05, 0.1) is 13.2 Å². The van der Waals surface area contributed by atoms with Crippen molar-refractivity contribution in [3.63, 3.8) is 0 Å². The number of amides is 1. The highest BCUT2D eigenvalue weighted by atomic mass is 35.5. The summed E-state index contributed by atoms with van der Waals surface area (Å²) in [6.45, 7) is 1.87. The highest BCUT2D eigenvalue weighted by Gasteiger charge is 2.16. The van der Waals surface area contributed by atoms with Crippen LogP contribution in [0.3, 0.4) is 0 Å². The third kappa shape index (κ3) is 5.26. The molecule has 2 aromatic rings. The van der Waals surface area contributed by atoms with E-state index in [-0.39, 0.29) is 12.5 Å². The summed E-state index contributed by atoms with van der Waals surface area (Å²) in [5.74, 6) is 0.296. The van der Waals surface area contributed by atoms with Crippen LogP contribution < -0.4 is 0 Å². The fourth-order valence-corrected chi connectivity index (χ4v) is 2.23. The Morgan fingerprint density at radius 1 is 1.25 bits per heavy atom. The molecule has 130 valence electrons. The van der Waals surface area contributed by atoms with Gasteiger partial charge in [0.15, 0.2) is 0 Å². The molecule has 1 aromatic heterocycles. The first-order valence-electron chi connectivity index (χ1n) is 7.43. The second kappa shape index (κ2) is 9.31. The molecule has 0 bridgehead atoms. The van der Waals surface area contributed by atoms with Crippen LogP contribution in [-0.4, -0.2) is 71.5 Å². The maximum atomic E-state index is 12.4. The lowest BCUT2D eigenvalue weighted by Gasteiger charge is -2.21. The van der Waals surface area contributed by atoms with Gasteiger partial charge in [-0.1, -0.05) is 23.7 Å². The molecule has 24 heavy (non-hydrogen) atoms. The second-order valence-electron chi connectivity index (χ2n) is 5.02. The van der Waals surface area contributed by atoms with E-state index in [0.29, 0.717) is 37.2 Å². The van der Waals surface area contributed by atoms with Crippen molar-refractivity contribution < 1.29 is 14.3 Å². The van der Waals surface area contributed by atoms with Crippen LogP contribution in [0.25, 0.3) is 11.4 Å². The van der Waals surface area contributed by atoms with Gasteiger partial charge in [-0.05, 0) is 17.3 Å². The van der Waals surface area contributed by atoms with Gasteiger partial charge in [0.2, 0.25) is 11.7 Å². The molecule has 1 heterocycles. The zero-order valence-electron chi connectivity index (χ0n) is 13.7. The molecule has 0 atom stereocenters. The summed E-state index contributed by atoms with van der Waals surface area (Å²) in [6.07, 6.45) is 0. The van der Waals surface area contributed by atoms with Crippen LogP contribution in [-0.2, 0) is 20.8 Å². The third-order valence-electron chi connectivity index (χ3n) is 3.30. The van der Waals surface area contributed by atoms with Crippen LogP contribution in [0.1, 0.15) is 0 Å². The zero-order valence-corrected chi connectivity index (χ0v) is 14.4. The van der Waals surface area contributed by atoms with Crippen LogP contribution in [0.15, 0.2) is 24.3 Å². The van der Waals surface area contributed by atoms with E-state index in [1.54, 1.807) is 37.3 Å². The Bertz CT molecular complexity index is 656. The maximum absolute atomic E-state index is 12.4. The van der Waals surface area contributed by atoms with Crippen molar-refractivity contribution in [1.82, 2.24) is 25.1 Å². The van der Waals surface area contributed by atoms with Gasteiger partial charge in [0.1, 0.15) is 6.54 Å². The number of nitrogens with zero attached hydrogens (tertiary/aromatic N) is 5. The summed E-state index contributed by atoms with van der Waals surface area (Å²) < 4.78 is 10.1. The number of methoxy groups -OCH3 is 2. The van der Waals surface area contributed by atoms with E-state index in [0.717, 1.165) is 5.56 Å². The molecule has 0 aliphatic carbocycles. The van der Waals surface area contributed by atoms with Crippen molar-refractivity contribution in [2.75, 3.05) is 40.5 Å². The van der Waals surface area contributed by atoms with Crippen molar-refractivity contribution in [3.05, 3.63) is 29.3 Å². The van der Waals surface area contributed by atoms with Gasteiger partial charge in [-0.2, -0.15) is 4.80 Å². The number of ether oxygens (including phenoxy) is 2. The van der Waals surface area contributed by atoms with E-state index in [9.17, 15) is 4.79 Å². The number of carbonyl (C=O) groups is 1. The van der Waals surface area contributed by atoms with E-state index in [4.69, 9.17) is 21.1 Å². The van der Waals surface area contributed by atoms with Crippen LogP contribution in [0.4, 0.5) is 0 Å². The highest BCUT2D eigenvalue weighted by Crippen LogP contribution is 2.18. The van der Waals surface area contributed by atoms with Crippen molar-refractivity contribution in [3.8, 4) is 11.4 Å². The summed E-state index contributed by atoms with van der Waals surface area (Å²) >= 11 is 5.96. The molecule has 0 saturated heterocycles. The monoisotopic (exact) mass is 353 g/mol. The first-order chi connectivity index (χ1) is 11.6. The van der Waals surface area contributed by atoms with Gasteiger partial charge in [0.25, 0.3) is 0 Å². The molecule has 0 aliphatic heterocycles. The molecule has 0 radical (unpaired) electrons. The lowest BCUT2D eigenvalue weighted by Crippen LogP contribution is -2.39. The SMILES string of the molecule is COCCN(CCOC)C(=O)Cn1nnc(-c2cccc(Cl)c2)n1. The lowest BCUT2D eigenvalue weighted by molar-refractivity contribution is -0.133. The Kier molecular flexibility index (Phi) is 7.10. The Labute approximate surface area is 145 Å². The summed E-state index contributed by atoms with van der Waals surface area (Å²) in [5.41, 5.74) is 0.747. The fourth-order valence-electron chi connectivity index (χ4n) is 2.04. The van der Waals surface area contributed by atoms with Gasteiger partial charge in [-0.25, -0.2) is 0 Å². The van der Waals surface area contributed by atoms with Crippen LogP contribution in [0.2, 0.25) is 5.02 Å². The van der Waals surface area contributed by atoms with E-state index >= 15 is 0 Å². The van der Waals surface area contributed by atoms with Crippen molar-refractivity contribution >= 4 is 17.5 Å². The van der Waals surface area contributed by atoms with Gasteiger partial charge >= 0.3 is 0 Å². The fraction of sp³-hybridized carbons (Fsp3) is 0.467. The van der Waals surface area contributed by atoms with E-state index in [1.165, 1.54) is 4.80 Å². The summed E-state index contributed by atoms with van der Waals surface area (Å²) in [7, 11) is 3.18. The normalized spacial score (nSPS) is 10.8. The van der Waals surface area contributed by atoms with Crippen LogP contribution in [0, 0.1) is 0 Å². The summed E-state index contributed by atoms with van der Waals surface area (Å²) in [4.78, 5) is 15.3. The van der Waals surface area contributed by atoms with E-state index in [2.05, 4.69) is 15.4 Å². The predicted molar refractivity (Wildman–Crippen MR) is 88.6 cm³/mol. The molecule has 2 rings (SSSR count). The molecule has 9 heteroatoms. The smallest absolute Gasteiger partial charge is 0.246 e. The van der Waals surface area contributed by atoms with Crippen LogP contribution >= 0.6 is 11.6 Å². The molecule has 8 nitrogen and oxygen atoms in total. The molecular weight excluding hydrogens is 334 g/mol. The predicted octanol–water partition coefficient (Wildman–Crippen LogP) is 1.11. The number of rotatable bonds is 9. The largest absolute Gasteiger partial charge is 0.383 e. The number of halogens is 1. The number of tetrazole rings is 1. The minimum Gasteiger partial charge on any atom is -0.383 e. The Morgan fingerprint density at radius 3 is 2.58 bits per heavy atom. The number of benzene rings is 1. The first kappa shape index (κ1) is 18.3. The molecule has 0 unspecified atom stereocenters. The number of hydrogen-bond acceptors (Lipinski definition) is 6. The van der Waals surface area contributed by atoms with Gasteiger partial charge in [-0.15, -0.1) is 10.2 Å². The average molecular weight is 354 g/mol. The van der Waals surface area contributed by atoms with Crippen LogP contribution in [0.5, 0.6) is 0 Å². The third-order valence-corrected chi connectivity index (χ3v) is 3.53. The topological polar surface area (TPSA) is 82.4 Å². The molecule has 0 N–H and O–H groups in total. The number of carbonyl (C=O) groups excluding carboxylic acids is 1. The summed E-state index contributed by atoms with van der Waals surface area (Å²) in [5, 5.41) is 12.7. The van der Waals surface area contributed by atoms with Crippen molar-refractivity contribution in [2.24, 2.45) is 0 Å². The van der Waals surface area contributed by atoms with E-state index in [1.807, 2.05) is 6.07 Å². The molecule has 0 saturated carbocycles. The first-order valence-corrected chi connectivity index (χ1v) is 7.81. The van der Waals surface area contributed by atoms with Crippen molar-refractivity contribution in [2.45, 2.75) is 6.54 Å². The Balaban J connectivity index is 2.02. The van der Waals surface area contributed by atoms with Gasteiger partial charge < -0.3 is 14.4 Å². The Hall–Kier alpha value is -2.03. The number of hydrogen-bond donors (Lipinski definition) is 0. The van der Waals surface area contributed by atoms with Gasteiger partial charge in [0, 0.05) is 37.9 Å². The quantitative estimate of drug-likeness (QED) is 0.671. The van der Waals surface area contributed by atoms with E-state index < -0.39 is 0 Å². The summed E-state index contributed by atoms with van der Waals surface area (Å²) in [6, 6.07) is 7.15. The minimum atomic E-state index is -0.126. The standard InChI is InChI=1S/C15H20ClN5O3/c1-23-8-6-20(7-9-24-2)14(22)11-21-18-15(17-19-21)12-4-3-5-13(16)10-12/h3-5,10H,6-9,11H2,1-2H3. The minimum absolute atomic E-state index is 0.000986. The average Bonchev–Trinajstić information content (AvgIpc) is 3.03. The van der Waals surface area contributed by atoms with Gasteiger partial charge in [-0.3, -0.25) is 4.79 Å². The molecule has 0 spiro atoms. The lowest BCUT2D eigenvalue weighted by atomic mass is 10.2. The highest BCUT2D eigenvalue weighted by molar-refractivity contribution is 6.30. The molecule has 0 fully saturated rings. The molecule has 1 aromatic carbocycles. The molecular formula is C15H20ClN5O3. The second-order valence-corrected chi connectivity index (χ2v) is 5.46. The van der Waals surface area contributed by atoms with Crippen molar-refractivity contribution in [1.29, 1.82) is 0 Å². The molecule has 1 amide bonds. The maximum Gasteiger partial charge on any atom is 0.246 e. The Morgan fingerprint density at radius 2 is 1.96 bits per heavy atom. The zero-order chi connectivity index (χ0) is 17.4.